The molecule has 3 rings (SSSR count). The van der Waals surface area contributed by atoms with E-state index in [1.165, 1.54) is 10.6 Å². The number of nitrogens with zero attached hydrogens (tertiary/aromatic N) is 1. The molecule has 3 aromatic rings. The van der Waals surface area contributed by atoms with Gasteiger partial charge < -0.3 is 4.57 Å². The van der Waals surface area contributed by atoms with Crippen LogP contribution in [0.5, 0.6) is 0 Å². The van der Waals surface area contributed by atoms with Crippen LogP contribution in [0, 0.1) is 17.5 Å². The molecule has 2 aromatic carbocycles. The van der Waals surface area contributed by atoms with Crippen LogP contribution in [-0.4, -0.2) is 4.57 Å². The molecule has 0 unspecified atom stereocenters. The fourth-order valence-electron chi connectivity index (χ4n) is 3.00. The fraction of sp³-hybridized carbons (Fsp3) is 0.150. The Bertz CT molecular complexity index is 993. The van der Waals surface area contributed by atoms with Gasteiger partial charge in [0.15, 0.2) is 0 Å². The highest BCUT2D eigenvalue weighted by molar-refractivity contribution is 6.30. The van der Waals surface area contributed by atoms with Crippen LogP contribution in [0.15, 0.2) is 53.3 Å². The van der Waals surface area contributed by atoms with Crippen LogP contribution < -0.4 is 5.56 Å². The number of benzene rings is 2. The Hall–Kier alpha value is -2.53. The van der Waals surface area contributed by atoms with Gasteiger partial charge in [-0.15, -0.1) is 0 Å². The lowest BCUT2D eigenvalue weighted by Crippen LogP contribution is -2.24. The van der Waals surface area contributed by atoms with Crippen LogP contribution in [0.25, 0.3) is 11.3 Å². The Morgan fingerprint density at radius 2 is 1.62 bits per heavy atom. The van der Waals surface area contributed by atoms with Gasteiger partial charge in [-0.05, 0) is 30.5 Å². The van der Waals surface area contributed by atoms with Gasteiger partial charge in [0.25, 0.3) is 5.56 Å². The van der Waals surface area contributed by atoms with Gasteiger partial charge in [0.2, 0.25) is 0 Å². The first kappa shape index (κ1) is 18.3. The Kier molecular flexibility index (Phi) is 5.18. The Balaban J connectivity index is 2.32. The quantitative estimate of drug-likeness (QED) is 0.612. The van der Waals surface area contributed by atoms with Crippen molar-refractivity contribution < 1.29 is 13.2 Å². The molecule has 0 spiro atoms. The molecular weight excluding hydrogens is 363 g/mol. The molecule has 0 saturated carbocycles. The SMILES string of the molecule is CCn1c(-c2c(F)cc(F)cc2F)c(Cc2ccccc2)cc(Cl)c1=O. The number of hydrogen-bond donors (Lipinski definition) is 0. The number of rotatable bonds is 4. The van der Waals surface area contributed by atoms with Gasteiger partial charge >= 0.3 is 0 Å². The van der Waals surface area contributed by atoms with Crippen molar-refractivity contribution in [1.82, 2.24) is 4.57 Å². The summed E-state index contributed by atoms with van der Waals surface area (Å²) in [5, 5.41) is -0.0375. The maximum atomic E-state index is 14.4. The first-order chi connectivity index (χ1) is 12.4. The van der Waals surface area contributed by atoms with E-state index in [0.29, 0.717) is 24.1 Å². The lowest BCUT2D eigenvalue weighted by Gasteiger charge is -2.18. The molecular formula is C20H15ClF3NO. The monoisotopic (exact) mass is 377 g/mol. The van der Waals surface area contributed by atoms with Gasteiger partial charge in [-0.1, -0.05) is 41.9 Å². The zero-order chi connectivity index (χ0) is 18.8. The highest BCUT2D eigenvalue weighted by Crippen LogP contribution is 2.31. The van der Waals surface area contributed by atoms with Crippen LogP contribution in [0.3, 0.4) is 0 Å². The molecule has 0 amide bonds. The van der Waals surface area contributed by atoms with Gasteiger partial charge in [0, 0.05) is 18.7 Å². The van der Waals surface area contributed by atoms with Crippen molar-refractivity contribution in [2.45, 2.75) is 19.9 Å². The molecule has 1 heterocycles. The molecule has 0 aliphatic rings. The van der Waals surface area contributed by atoms with Crippen molar-refractivity contribution in [3.8, 4) is 11.3 Å². The molecule has 1 aromatic heterocycles. The van der Waals surface area contributed by atoms with Gasteiger partial charge in [0.1, 0.15) is 22.5 Å². The van der Waals surface area contributed by atoms with Crippen molar-refractivity contribution in [2.24, 2.45) is 0 Å². The molecule has 26 heavy (non-hydrogen) atoms. The lowest BCUT2D eigenvalue weighted by molar-refractivity contribution is 0.544. The minimum Gasteiger partial charge on any atom is -0.307 e. The van der Waals surface area contributed by atoms with E-state index in [4.69, 9.17) is 11.6 Å². The molecule has 0 bridgehead atoms. The number of aromatic nitrogens is 1. The predicted octanol–water partition coefficient (Wildman–Crippen LogP) is 5.20. The largest absolute Gasteiger partial charge is 0.307 e. The zero-order valence-electron chi connectivity index (χ0n) is 13.9. The minimum absolute atomic E-state index is 0.0375. The molecule has 0 radical (unpaired) electrons. The van der Waals surface area contributed by atoms with Gasteiger partial charge in [-0.2, -0.15) is 0 Å². The second-order valence-electron chi connectivity index (χ2n) is 5.82. The maximum absolute atomic E-state index is 14.4. The summed E-state index contributed by atoms with van der Waals surface area (Å²) in [6, 6.07) is 11.9. The molecule has 0 fully saturated rings. The van der Waals surface area contributed by atoms with Crippen molar-refractivity contribution in [2.75, 3.05) is 0 Å². The molecule has 2 nitrogen and oxygen atoms in total. The summed E-state index contributed by atoms with van der Waals surface area (Å²) in [7, 11) is 0. The van der Waals surface area contributed by atoms with Crippen molar-refractivity contribution in [3.05, 3.63) is 92.5 Å². The van der Waals surface area contributed by atoms with Gasteiger partial charge in [-0.3, -0.25) is 4.79 Å². The van der Waals surface area contributed by atoms with Gasteiger partial charge in [-0.25, -0.2) is 13.2 Å². The van der Waals surface area contributed by atoms with Gasteiger partial charge in [0.05, 0.1) is 11.3 Å². The predicted molar refractivity (Wildman–Crippen MR) is 95.9 cm³/mol. The smallest absolute Gasteiger partial charge is 0.269 e. The average Bonchev–Trinajstić information content (AvgIpc) is 2.59. The van der Waals surface area contributed by atoms with Crippen molar-refractivity contribution in [3.63, 3.8) is 0 Å². The van der Waals surface area contributed by atoms with E-state index < -0.39 is 28.6 Å². The first-order valence-electron chi connectivity index (χ1n) is 8.03. The molecule has 0 aliphatic heterocycles. The Morgan fingerprint density at radius 1 is 1.00 bits per heavy atom. The van der Waals surface area contributed by atoms with Crippen LogP contribution in [0.1, 0.15) is 18.1 Å². The third-order valence-electron chi connectivity index (χ3n) is 4.12. The van der Waals surface area contributed by atoms with E-state index in [0.717, 1.165) is 5.56 Å². The van der Waals surface area contributed by atoms with Crippen LogP contribution in [0.2, 0.25) is 5.02 Å². The summed E-state index contributed by atoms with van der Waals surface area (Å²) in [6.45, 7) is 1.83. The molecule has 0 aliphatic carbocycles. The van der Waals surface area contributed by atoms with Crippen molar-refractivity contribution in [1.29, 1.82) is 0 Å². The molecule has 0 atom stereocenters. The summed E-state index contributed by atoms with van der Waals surface area (Å²) in [5.74, 6) is -3.16. The van der Waals surface area contributed by atoms with E-state index >= 15 is 0 Å². The molecule has 0 N–H and O–H groups in total. The topological polar surface area (TPSA) is 22.0 Å². The highest BCUT2D eigenvalue weighted by Gasteiger charge is 2.22. The Labute approximate surface area is 153 Å². The summed E-state index contributed by atoms with van der Waals surface area (Å²) in [4.78, 5) is 12.4. The third-order valence-corrected chi connectivity index (χ3v) is 4.39. The summed E-state index contributed by atoms with van der Waals surface area (Å²) >= 11 is 6.05. The van der Waals surface area contributed by atoms with Crippen LogP contribution in [-0.2, 0) is 13.0 Å². The summed E-state index contributed by atoms with van der Waals surface area (Å²) in [6.07, 6.45) is 0.312. The minimum atomic E-state index is -1.07. The number of halogens is 4. The summed E-state index contributed by atoms with van der Waals surface area (Å²) < 4.78 is 43.4. The van der Waals surface area contributed by atoms with E-state index in [1.807, 2.05) is 30.3 Å². The molecule has 134 valence electrons. The fourth-order valence-corrected chi connectivity index (χ4v) is 3.24. The van der Waals surface area contributed by atoms with E-state index in [-0.39, 0.29) is 17.3 Å². The van der Waals surface area contributed by atoms with E-state index in [1.54, 1.807) is 6.92 Å². The normalized spacial score (nSPS) is 11.0. The molecule has 6 heteroatoms. The maximum Gasteiger partial charge on any atom is 0.269 e. The van der Waals surface area contributed by atoms with Crippen LogP contribution >= 0.6 is 11.6 Å². The number of pyridine rings is 1. The third kappa shape index (κ3) is 3.40. The van der Waals surface area contributed by atoms with Crippen LogP contribution in [0.4, 0.5) is 13.2 Å². The number of hydrogen-bond acceptors (Lipinski definition) is 1. The first-order valence-corrected chi connectivity index (χ1v) is 8.41. The zero-order valence-corrected chi connectivity index (χ0v) is 14.7. The van der Waals surface area contributed by atoms with E-state index in [2.05, 4.69) is 0 Å². The second kappa shape index (κ2) is 7.38. The standard InChI is InChI=1S/C20H15ClF3NO/c1-2-25-19(18-16(23)10-14(22)11-17(18)24)13(9-15(21)20(25)26)8-12-6-4-3-5-7-12/h3-7,9-11H,2,8H2,1H3. The van der Waals surface area contributed by atoms with E-state index in [9.17, 15) is 18.0 Å². The second-order valence-corrected chi connectivity index (χ2v) is 6.23. The molecule has 0 saturated heterocycles. The highest BCUT2D eigenvalue weighted by atomic mass is 35.5. The lowest BCUT2D eigenvalue weighted by atomic mass is 9.98. The van der Waals surface area contributed by atoms with Crippen molar-refractivity contribution >= 4 is 11.6 Å². The summed E-state index contributed by atoms with van der Waals surface area (Å²) in [5.41, 5.74) is 0.443. The average molecular weight is 378 g/mol. The Morgan fingerprint density at radius 3 is 2.19 bits per heavy atom.